The molecular weight excluding hydrogens is 446 g/mol. The fraction of sp³-hybridized carbons (Fsp3) is 0.500. The Labute approximate surface area is 187 Å². The van der Waals surface area contributed by atoms with E-state index in [9.17, 15) is 13.2 Å². The number of sulfonamides is 1. The van der Waals surface area contributed by atoms with E-state index in [1.807, 2.05) is 10.8 Å². The Hall–Kier alpha value is -1.68. The van der Waals surface area contributed by atoms with E-state index < -0.39 is 15.9 Å². The maximum absolute atomic E-state index is 12.9. The van der Waals surface area contributed by atoms with E-state index in [0.29, 0.717) is 22.1 Å². The second-order valence-corrected chi connectivity index (χ2v) is 11.6. The highest BCUT2D eigenvalue weighted by Crippen LogP contribution is 2.25. The maximum atomic E-state index is 12.9. The van der Waals surface area contributed by atoms with Crippen LogP contribution in [0.15, 0.2) is 29.4 Å². The van der Waals surface area contributed by atoms with Gasteiger partial charge in [-0.25, -0.2) is 12.7 Å². The van der Waals surface area contributed by atoms with Gasteiger partial charge in [0.1, 0.15) is 5.75 Å². The lowest BCUT2D eigenvalue weighted by molar-refractivity contribution is 0.0994. The number of rotatable bonds is 7. The summed E-state index contributed by atoms with van der Waals surface area (Å²) < 4.78 is 32.5. The van der Waals surface area contributed by atoms with Gasteiger partial charge in [0.2, 0.25) is 10.0 Å². The highest BCUT2D eigenvalue weighted by atomic mass is 35.5. The maximum Gasteiger partial charge on any atom is 0.283 e. The zero-order valence-electron chi connectivity index (χ0n) is 18.1. The highest BCUT2D eigenvalue weighted by Gasteiger charge is 2.20. The summed E-state index contributed by atoms with van der Waals surface area (Å²) in [6, 6.07) is 4.79. The van der Waals surface area contributed by atoms with Crippen LogP contribution < -0.4 is 9.54 Å². The van der Waals surface area contributed by atoms with Crippen molar-refractivity contribution in [2.24, 2.45) is 4.99 Å². The molecular formula is C20H28ClN3O4S2. The summed E-state index contributed by atoms with van der Waals surface area (Å²) in [7, 11) is -0.258. The van der Waals surface area contributed by atoms with Gasteiger partial charge in [0.25, 0.3) is 5.91 Å². The van der Waals surface area contributed by atoms with Crippen LogP contribution in [0.3, 0.4) is 0 Å². The van der Waals surface area contributed by atoms with Gasteiger partial charge in [0.05, 0.1) is 18.4 Å². The molecule has 0 bridgehead atoms. The average molecular weight is 474 g/mol. The highest BCUT2D eigenvalue weighted by molar-refractivity contribution is 7.89. The van der Waals surface area contributed by atoms with Gasteiger partial charge in [0, 0.05) is 36.2 Å². The largest absolute Gasteiger partial charge is 0.496 e. The summed E-state index contributed by atoms with van der Waals surface area (Å²) in [4.78, 5) is 18.7. The number of carbonyl (C=O) groups excluding carboxylic acids is 1. The van der Waals surface area contributed by atoms with Crippen LogP contribution in [0.4, 0.5) is 0 Å². The SMILES string of the molecule is CCS(=O)(=O)N(C)CCn1cc(C(C)(C)C)s/c1=N\C(=O)c1cc(Cl)ccc1OC. The minimum atomic E-state index is -3.29. The van der Waals surface area contributed by atoms with Crippen LogP contribution in [0, 0.1) is 0 Å². The molecule has 7 nitrogen and oxygen atoms in total. The summed E-state index contributed by atoms with van der Waals surface area (Å²) in [6.07, 6.45) is 1.93. The van der Waals surface area contributed by atoms with Gasteiger partial charge in [-0.3, -0.25) is 4.79 Å². The van der Waals surface area contributed by atoms with Crippen LogP contribution >= 0.6 is 22.9 Å². The molecule has 0 saturated carbocycles. The molecule has 0 aliphatic heterocycles. The Morgan fingerprint density at radius 1 is 1.33 bits per heavy atom. The number of amides is 1. The minimum absolute atomic E-state index is 0.0370. The van der Waals surface area contributed by atoms with E-state index in [1.54, 1.807) is 26.1 Å². The number of methoxy groups -OCH3 is 1. The van der Waals surface area contributed by atoms with Crippen molar-refractivity contribution in [2.75, 3.05) is 26.5 Å². The predicted octanol–water partition coefficient (Wildman–Crippen LogP) is 3.53. The third kappa shape index (κ3) is 5.94. The summed E-state index contributed by atoms with van der Waals surface area (Å²) in [5.41, 5.74) is 0.131. The van der Waals surface area contributed by atoms with E-state index in [4.69, 9.17) is 16.3 Å². The number of nitrogens with zero attached hydrogens (tertiary/aromatic N) is 3. The Morgan fingerprint density at radius 2 is 2.00 bits per heavy atom. The van der Waals surface area contributed by atoms with Gasteiger partial charge in [-0.05, 0) is 30.5 Å². The topological polar surface area (TPSA) is 81.0 Å². The number of halogens is 1. The first kappa shape index (κ1) is 24.6. The molecule has 30 heavy (non-hydrogen) atoms. The molecule has 0 aliphatic carbocycles. The molecule has 166 valence electrons. The van der Waals surface area contributed by atoms with E-state index >= 15 is 0 Å². The Bertz CT molecular complexity index is 1080. The first-order chi connectivity index (χ1) is 13.9. The number of carbonyl (C=O) groups is 1. The molecule has 1 heterocycles. The number of benzene rings is 1. The van der Waals surface area contributed by atoms with Crippen molar-refractivity contribution >= 4 is 38.9 Å². The van der Waals surface area contributed by atoms with Crippen LogP contribution in [0.5, 0.6) is 5.75 Å². The van der Waals surface area contributed by atoms with Crippen molar-refractivity contribution in [1.82, 2.24) is 8.87 Å². The zero-order chi connectivity index (χ0) is 22.7. The summed E-state index contributed by atoms with van der Waals surface area (Å²) in [6.45, 7) is 8.48. The van der Waals surface area contributed by atoms with Gasteiger partial charge in [-0.1, -0.05) is 32.4 Å². The predicted molar refractivity (Wildman–Crippen MR) is 121 cm³/mol. The molecule has 0 N–H and O–H groups in total. The Balaban J connectivity index is 2.47. The third-order valence-corrected chi connectivity index (χ3v) is 8.09. The van der Waals surface area contributed by atoms with Crippen molar-refractivity contribution in [3.05, 3.63) is 44.7 Å². The molecule has 1 amide bonds. The van der Waals surface area contributed by atoms with Gasteiger partial charge in [-0.2, -0.15) is 4.99 Å². The Morgan fingerprint density at radius 3 is 2.57 bits per heavy atom. The summed E-state index contributed by atoms with van der Waals surface area (Å²) >= 11 is 7.45. The molecule has 1 aromatic carbocycles. The van der Waals surface area contributed by atoms with Crippen molar-refractivity contribution < 1.29 is 17.9 Å². The van der Waals surface area contributed by atoms with E-state index in [-0.39, 0.29) is 23.3 Å². The second-order valence-electron chi connectivity index (χ2n) is 7.81. The third-order valence-electron chi connectivity index (χ3n) is 4.54. The minimum Gasteiger partial charge on any atom is -0.496 e. The number of thiazole rings is 1. The average Bonchev–Trinajstić information content (AvgIpc) is 3.09. The first-order valence-corrected chi connectivity index (χ1v) is 12.3. The van der Waals surface area contributed by atoms with E-state index in [2.05, 4.69) is 25.8 Å². The quantitative estimate of drug-likeness (QED) is 0.616. The second kappa shape index (κ2) is 9.64. The molecule has 0 radical (unpaired) electrons. The smallest absolute Gasteiger partial charge is 0.283 e. The van der Waals surface area contributed by atoms with E-state index in [1.165, 1.54) is 28.8 Å². The zero-order valence-corrected chi connectivity index (χ0v) is 20.5. The van der Waals surface area contributed by atoms with Crippen LogP contribution in [-0.2, 0) is 22.0 Å². The molecule has 0 aliphatic rings. The van der Waals surface area contributed by atoms with Crippen LogP contribution in [0.25, 0.3) is 0 Å². The van der Waals surface area contributed by atoms with Crippen LogP contribution in [0.2, 0.25) is 5.02 Å². The van der Waals surface area contributed by atoms with Crippen LogP contribution in [-0.4, -0.2) is 49.7 Å². The molecule has 1 aromatic heterocycles. The molecule has 0 fully saturated rings. The summed E-state index contributed by atoms with van der Waals surface area (Å²) in [5, 5.41) is 0.412. The van der Waals surface area contributed by atoms with Gasteiger partial charge in [0.15, 0.2) is 4.80 Å². The molecule has 10 heteroatoms. The fourth-order valence-electron chi connectivity index (χ4n) is 2.58. The number of hydrogen-bond donors (Lipinski definition) is 0. The van der Waals surface area contributed by atoms with Crippen molar-refractivity contribution in [3.63, 3.8) is 0 Å². The number of aromatic nitrogens is 1. The van der Waals surface area contributed by atoms with Gasteiger partial charge in [-0.15, -0.1) is 11.3 Å². The van der Waals surface area contributed by atoms with E-state index in [0.717, 1.165) is 4.88 Å². The monoisotopic (exact) mass is 473 g/mol. The molecule has 0 unspecified atom stereocenters. The van der Waals surface area contributed by atoms with Crippen molar-refractivity contribution in [1.29, 1.82) is 0 Å². The lowest BCUT2D eigenvalue weighted by Gasteiger charge is -2.16. The van der Waals surface area contributed by atoms with Gasteiger partial charge >= 0.3 is 0 Å². The molecule has 0 atom stereocenters. The standard InChI is InChI=1S/C20H28ClN3O4S2/c1-7-30(26,27)23(5)10-11-24-13-17(20(2,3)4)29-19(24)22-18(25)15-12-14(21)8-9-16(15)28-6/h8-9,12-13H,7,10-11H2,1-6H3/b22-19-. The van der Waals surface area contributed by atoms with Gasteiger partial charge < -0.3 is 9.30 Å². The summed E-state index contributed by atoms with van der Waals surface area (Å²) in [5.74, 6) is -0.0454. The fourth-order valence-corrected chi connectivity index (χ4v) is 4.62. The lowest BCUT2D eigenvalue weighted by Crippen LogP contribution is -2.33. The number of likely N-dealkylation sites (N-methyl/N-ethyl adjacent to an activating group) is 1. The normalized spacial score (nSPS) is 13.1. The number of ether oxygens (including phenoxy) is 1. The first-order valence-electron chi connectivity index (χ1n) is 9.46. The lowest BCUT2D eigenvalue weighted by atomic mass is 9.95. The molecule has 0 saturated heterocycles. The molecule has 0 spiro atoms. The molecule has 2 rings (SSSR count). The van der Waals surface area contributed by atoms with Crippen molar-refractivity contribution in [2.45, 2.75) is 39.7 Å². The molecule has 2 aromatic rings. The number of hydrogen-bond acceptors (Lipinski definition) is 5. The van der Waals surface area contributed by atoms with Crippen LogP contribution in [0.1, 0.15) is 42.9 Å². The Kier molecular flexibility index (Phi) is 7.90. The van der Waals surface area contributed by atoms with Crippen molar-refractivity contribution in [3.8, 4) is 5.75 Å².